The largest absolute Gasteiger partial charge is 0.354 e. The van der Waals surface area contributed by atoms with Gasteiger partial charge in [-0.2, -0.15) is 0 Å². The minimum Gasteiger partial charge on any atom is -0.354 e. The first-order chi connectivity index (χ1) is 7.33. The third-order valence-corrected chi connectivity index (χ3v) is 2.79. The van der Waals surface area contributed by atoms with Gasteiger partial charge in [-0.15, -0.1) is 11.8 Å². The van der Waals surface area contributed by atoms with E-state index >= 15 is 0 Å². The number of hydrogen-bond donors (Lipinski definition) is 2. The van der Waals surface area contributed by atoms with E-state index in [-0.39, 0.29) is 5.91 Å². The Morgan fingerprint density at radius 2 is 2.07 bits per heavy atom. The van der Waals surface area contributed by atoms with E-state index in [4.69, 9.17) is 0 Å². The molecule has 0 fully saturated rings. The van der Waals surface area contributed by atoms with Crippen molar-refractivity contribution in [2.24, 2.45) is 0 Å². The molecule has 1 aromatic carbocycles. The van der Waals surface area contributed by atoms with E-state index in [9.17, 15) is 4.79 Å². The summed E-state index contributed by atoms with van der Waals surface area (Å²) in [5.41, 5.74) is 0. The van der Waals surface area contributed by atoms with Crippen LogP contribution in [0.25, 0.3) is 0 Å². The quantitative estimate of drug-likeness (QED) is 0.562. The number of hydrogen-bond acceptors (Lipinski definition) is 3. The maximum absolute atomic E-state index is 11.1. The molecule has 0 aliphatic rings. The Morgan fingerprint density at radius 1 is 1.33 bits per heavy atom. The summed E-state index contributed by atoms with van der Waals surface area (Å²) in [6.07, 6.45) is 0. The zero-order valence-corrected chi connectivity index (χ0v) is 9.64. The van der Waals surface area contributed by atoms with Crippen molar-refractivity contribution in [3.63, 3.8) is 0 Å². The van der Waals surface area contributed by atoms with Crippen LogP contribution in [-0.2, 0) is 4.79 Å². The normalized spacial score (nSPS) is 9.93. The van der Waals surface area contributed by atoms with Crippen molar-refractivity contribution in [3.8, 4) is 0 Å². The van der Waals surface area contributed by atoms with Crippen LogP contribution in [0.3, 0.4) is 0 Å². The highest BCUT2D eigenvalue weighted by atomic mass is 32.2. The van der Waals surface area contributed by atoms with Crippen LogP contribution in [-0.4, -0.2) is 31.8 Å². The monoisotopic (exact) mass is 224 g/mol. The number of carbonyl (C=O) groups is 1. The summed E-state index contributed by atoms with van der Waals surface area (Å²) < 4.78 is 0. The van der Waals surface area contributed by atoms with Crippen LogP contribution in [0.15, 0.2) is 35.2 Å². The fourth-order valence-electron chi connectivity index (χ4n) is 1.10. The molecule has 0 spiro atoms. The maximum atomic E-state index is 11.1. The van der Waals surface area contributed by atoms with Crippen molar-refractivity contribution in [1.82, 2.24) is 10.6 Å². The Balaban J connectivity index is 2.10. The Bertz CT molecular complexity index is 290. The van der Waals surface area contributed by atoms with Crippen LogP contribution < -0.4 is 10.6 Å². The first-order valence-corrected chi connectivity index (χ1v) is 5.90. The average molecular weight is 224 g/mol. The summed E-state index contributed by atoms with van der Waals surface area (Å²) in [6.45, 7) is 1.09. The first kappa shape index (κ1) is 12.1. The smallest absolute Gasteiger partial charge is 0.233 e. The maximum Gasteiger partial charge on any atom is 0.233 e. The molecular formula is C11H16N2OS. The Morgan fingerprint density at radius 3 is 2.73 bits per heavy atom. The summed E-state index contributed by atoms with van der Waals surface area (Å²) in [5.74, 6) is 0.950. The average Bonchev–Trinajstić information content (AvgIpc) is 2.26. The fourth-order valence-corrected chi connectivity index (χ4v) is 1.89. The zero-order valence-electron chi connectivity index (χ0n) is 8.82. The van der Waals surface area contributed by atoms with Gasteiger partial charge in [0.2, 0.25) is 5.91 Å². The minimum atomic E-state index is 0.0474. The molecule has 0 saturated heterocycles. The van der Waals surface area contributed by atoms with Gasteiger partial charge in [-0.25, -0.2) is 0 Å². The van der Waals surface area contributed by atoms with E-state index in [1.54, 1.807) is 18.8 Å². The van der Waals surface area contributed by atoms with Crippen LogP contribution in [0, 0.1) is 0 Å². The van der Waals surface area contributed by atoms with Crippen molar-refractivity contribution in [3.05, 3.63) is 30.3 Å². The molecule has 3 nitrogen and oxygen atoms in total. The van der Waals surface area contributed by atoms with E-state index in [0.29, 0.717) is 13.1 Å². The highest BCUT2D eigenvalue weighted by molar-refractivity contribution is 7.99. The van der Waals surface area contributed by atoms with Gasteiger partial charge in [0.1, 0.15) is 0 Å². The van der Waals surface area contributed by atoms with Crippen molar-refractivity contribution in [2.45, 2.75) is 4.90 Å². The molecule has 0 unspecified atom stereocenters. The molecule has 1 aromatic rings. The van der Waals surface area contributed by atoms with Gasteiger partial charge in [-0.1, -0.05) is 18.2 Å². The molecule has 0 saturated carbocycles. The number of thioether (sulfide) groups is 1. The van der Waals surface area contributed by atoms with Crippen LogP contribution >= 0.6 is 11.8 Å². The van der Waals surface area contributed by atoms with Crippen LogP contribution in [0.1, 0.15) is 0 Å². The molecule has 1 amide bonds. The second kappa shape index (κ2) is 7.31. The standard InChI is InChI=1S/C11H16N2OS/c1-12-9-11(14)13-7-8-15-10-5-3-2-4-6-10/h2-6,12H,7-9H2,1H3,(H,13,14). The number of nitrogens with one attached hydrogen (secondary N) is 2. The van der Waals surface area contributed by atoms with Crippen LogP contribution in [0.5, 0.6) is 0 Å². The molecule has 0 aliphatic heterocycles. The molecule has 15 heavy (non-hydrogen) atoms. The lowest BCUT2D eigenvalue weighted by molar-refractivity contribution is -0.120. The van der Waals surface area contributed by atoms with Crippen LogP contribution in [0.2, 0.25) is 0 Å². The molecule has 4 heteroatoms. The summed E-state index contributed by atoms with van der Waals surface area (Å²) >= 11 is 1.75. The predicted molar refractivity (Wildman–Crippen MR) is 64.1 cm³/mol. The van der Waals surface area contributed by atoms with Crippen molar-refractivity contribution in [1.29, 1.82) is 0 Å². The van der Waals surface area contributed by atoms with Gasteiger partial charge in [0, 0.05) is 17.2 Å². The van der Waals surface area contributed by atoms with Gasteiger partial charge < -0.3 is 10.6 Å². The molecule has 0 aromatic heterocycles. The molecule has 0 radical (unpaired) electrons. The van der Waals surface area contributed by atoms with Gasteiger partial charge in [0.05, 0.1) is 6.54 Å². The molecule has 82 valence electrons. The second-order valence-corrected chi connectivity index (χ2v) is 4.21. The lowest BCUT2D eigenvalue weighted by atomic mass is 10.4. The van der Waals surface area contributed by atoms with Crippen molar-refractivity contribution < 1.29 is 4.79 Å². The first-order valence-electron chi connectivity index (χ1n) is 4.92. The fraction of sp³-hybridized carbons (Fsp3) is 0.364. The predicted octanol–water partition coefficient (Wildman–Crippen LogP) is 1.11. The Hall–Kier alpha value is -1.00. The minimum absolute atomic E-state index is 0.0474. The van der Waals surface area contributed by atoms with Crippen molar-refractivity contribution in [2.75, 3.05) is 25.9 Å². The van der Waals surface area contributed by atoms with Gasteiger partial charge in [0.15, 0.2) is 0 Å². The van der Waals surface area contributed by atoms with E-state index in [1.165, 1.54) is 4.90 Å². The Kier molecular flexibility index (Phi) is 5.88. The molecule has 1 rings (SSSR count). The van der Waals surface area contributed by atoms with E-state index in [2.05, 4.69) is 22.8 Å². The third kappa shape index (κ3) is 5.44. The number of likely N-dealkylation sites (N-methyl/N-ethyl adjacent to an activating group) is 1. The molecular weight excluding hydrogens is 208 g/mol. The number of amides is 1. The highest BCUT2D eigenvalue weighted by Crippen LogP contribution is 2.15. The molecule has 0 heterocycles. The number of benzene rings is 1. The van der Waals surface area contributed by atoms with Gasteiger partial charge in [-0.3, -0.25) is 4.79 Å². The van der Waals surface area contributed by atoms with Crippen LogP contribution in [0.4, 0.5) is 0 Å². The van der Waals surface area contributed by atoms with E-state index < -0.39 is 0 Å². The lowest BCUT2D eigenvalue weighted by Gasteiger charge is -2.04. The second-order valence-electron chi connectivity index (χ2n) is 3.04. The summed E-state index contributed by atoms with van der Waals surface area (Å²) in [7, 11) is 1.76. The van der Waals surface area contributed by atoms with Gasteiger partial charge in [0.25, 0.3) is 0 Å². The third-order valence-electron chi connectivity index (χ3n) is 1.77. The molecule has 0 bridgehead atoms. The SMILES string of the molecule is CNCC(=O)NCCSc1ccccc1. The topological polar surface area (TPSA) is 41.1 Å². The van der Waals surface area contributed by atoms with E-state index in [1.807, 2.05) is 18.2 Å². The number of carbonyl (C=O) groups excluding carboxylic acids is 1. The summed E-state index contributed by atoms with van der Waals surface area (Å²) in [5, 5.41) is 5.64. The molecule has 0 atom stereocenters. The summed E-state index contributed by atoms with van der Waals surface area (Å²) in [6, 6.07) is 10.2. The van der Waals surface area contributed by atoms with Gasteiger partial charge in [-0.05, 0) is 19.2 Å². The Labute approximate surface area is 94.6 Å². The zero-order chi connectivity index (χ0) is 10.9. The highest BCUT2D eigenvalue weighted by Gasteiger charge is 1.97. The number of rotatable bonds is 6. The summed E-state index contributed by atoms with van der Waals surface area (Å²) in [4.78, 5) is 12.3. The molecule has 0 aliphatic carbocycles. The lowest BCUT2D eigenvalue weighted by Crippen LogP contribution is -2.33. The van der Waals surface area contributed by atoms with E-state index in [0.717, 1.165) is 5.75 Å². The molecule has 2 N–H and O–H groups in total. The van der Waals surface area contributed by atoms with Crippen molar-refractivity contribution >= 4 is 17.7 Å². The van der Waals surface area contributed by atoms with Gasteiger partial charge >= 0.3 is 0 Å².